The molecule has 2 heterocycles. The van der Waals surface area contributed by atoms with Crippen LogP contribution in [0.5, 0.6) is 0 Å². The molecule has 0 spiro atoms. The normalized spacial score (nSPS) is 20.5. The minimum absolute atomic E-state index is 0.0294. The summed E-state index contributed by atoms with van der Waals surface area (Å²) < 4.78 is 7.28. The highest BCUT2D eigenvalue weighted by atomic mass is 16.5. The molecule has 0 aromatic carbocycles. The van der Waals surface area contributed by atoms with Crippen molar-refractivity contribution in [1.29, 1.82) is 0 Å². The van der Waals surface area contributed by atoms with Crippen molar-refractivity contribution in [1.82, 2.24) is 19.9 Å². The van der Waals surface area contributed by atoms with E-state index >= 15 is 0 Å². The fourth-order valence-corrected chi connectivity index (χ4v) is 2.64. The van der Waals surface area contributed by atoms with Gasteiger partial charge in [-0.15, -0.1) is 5.10 Å². The summed E-state index contributed by atoms with van der Waals surface area (Å²) in [6.07, 6.45) is 2.69. The lowest BCUT2D eigenvalue weighted by Gasteiger charge is -2.16. The van der Waals surface area contributed by atoms with Gasteiger partial charge in [0.15, 0.2) is 0 Å². The molecule has 1 amide bonds. The summed E-state index contributed by atoms with van der Waals surface area (Å²) in [4.78, 5) is 23.0. The Morgan fingerprint density at radius 1 is 1.29 bits per heavy atom. The zero-order chi connectivity index (χ0) is 17.5. The van der Waals surface area contributed by atoms with E-state index in [4.69, 9.17) is 20.1 Å². The van der Waals surface area contributed by atoms with Crippen molar-refractivity contribution in [2.24, 2.45) is 0 Å². The van der Waals surface area contributed by atoms with E-state index in [1.165, 1.54) is 0 Å². The van der Waals surface area contributed by atoms with Crippen molar-refractivity contribution in [3.63, 3.8) is 0 Å². The maximum absolute atomic E-state index is 11.1. The van der Waals surface area contributed by atoms with Gasteiger partial charge in [0.05, 0.1) is 25.5 Å². The molecule has 1 aromatic rings. The van der Waals surface area contributed by atoms with Crippen LogP contribution in [-0.2, 0) is 22.7 Å². The van der Waals surface area contributed by atoms with Crippen LogP contribution in [0.4, 0.5) is 4.79 Å². The number of carbonyl (C=O) groups is 2. The van der Waals surface area contributed by atoms with Crippen LogP contribution < -0.4 is 0 Å². The molecular formula is C14H22N4O6. The first kappa shape index (κ1) is 18.1. The van der Waals surface area contributed by atoms with E-state index < -0.39 is 24.2 Å². The first-order chi connectivity index (χ1) is 11.5. The van der Waals surface area contributed by atoms with Crippen LogP contribution in [0.1, 0.15) is 31.4 Å². The summed E-state index contributed by atoms with van der Waals surface area (Å²) in [6, 6.07) is -1.07. The molecule has 1 aromatic heterocycles. The molecular weight excluding hydrogens is 320 g/mol. The number of unbranched alkanes of at least 4 members (excludes halogenated alkanes) is 2. The monoisotopic (exact) mass is 342 g/mol. The molecule has 0 bridgehead atoms. The number of rotatable bonds is 9. The predicted octanol–water partition coefficient (Wildman–Crippen LogP) is 0.163. The molecule has 1 fully saturated rings. The summed E-state index contributed by atoms with van der Waals surface area (Å²) in [5, 5.41) is 34.7. The second-order valence-electron chi connectivity index (χ2n) is 5.71. The number of aliphatic carboxylic acids is 1. The van der Waals surface area contributed by atoms with E-state index in [0.29, 0.717) is 12.2 Å². The second kappa shape index (κ2) is 8.60. The molecule has 0 radical (unpaired) electrons. The standard InChI is InChI=1S/C14H22N4O6/c19-5-3-1-2-4-17-7-10(15-16-17)9-24-11-6-12(13(20)21)18(8-11)14(22)23/h7,11-12,19H,1-6,8-9H2,(H,20,21)(H,22,23)/t11-,12+/m1/s1. The highest BCUT2D eigenvalue weighted by Gasteiger charge is 2.40. The number of nitrogens with zero attached hydrogens (tertiary/aromatic N) is 4. The SMILES string of the molecule is O=C(O)[C@@H]1C[C@@H](OCc2cn(CCCCCO)nn2)CN1C(=O)O. The third-order valence-electron chi connectivity index (χ3n) is 3.89. The minimum Gasteiger partial charge on any atom is -0.480 e. The Morgan fingerprint density at radius 3 is 2.71 bits per heavy atom. The highest BCUT2D eigenvalue weighted by Crippen LogP contribution is 2.21. The average molecular weight is 342 g/mol. The number of carboxylic acid groups (broad SMARTS) is 2. The Kier molecular flexibility index (Phi) is 6.50. The van der Waals surface area contributed by atoms with E-state index in [0.717, 1.165) is 24.2 Å². The van der Waals surface area contributed by atoms with Crippen molar-refractivity contribution in [3.8, 4) is 0 Å². The van der Waals surface area contributed by atoms with Crippen molar-refractivity contribution in [2.45, 2.75) is 51.0 Å². The maximum Gasteiger partial charge on any atom is 0.408 e. The molecule has 0 aliphatic carbocycles. The molecule has 1 aliphatic rings. The van der Waals surface area contributed by atoms with Crippen molar-refractivity contribution in [3.05, 3.63) is 11.9 Å². The number of hydrogen-bond acceptors (Lipinski definition) is 6. The number of likely N-dealkylation sites (tertiary alicyclic amines) is 1. The number of amides is 1. The average Bonchev–Trinajstić information content (AvgIpc) is 3.16. The molecule has 3 N–H and O–H groups in total. The lowest BCUT2D eigenvalue weighted by atomic mass is 10.2. The number of carboxylic acids is 1. The van der Waals surface area contributed by atoms with Gasteiger partial charge in [-0.2, -0.15) is 0 Å². The summed E-state index contributed by atoms with van der Waals surface area (Å²) in [5.41, 5.74) is 0.609. The quantitative estimate of drug-likeness (QED) is 0.540. The molecule has 10 heteroatoms. The first-order valence-corrected chi connectivity index (χ1v) is 7.85. The van der Waals surface area contributed by atoms with Gasteiger partial charge in [0.1, 0.15) is 11.7 Å². The van der Waals surface area contributed by atoms with Crippen molar-refractivity contribution in [2.75, 3.05) is 13.2 Å². The molecule has 2 atom stereocenters. The van der Waals surface area contributed by atoms with Gasteiger partial charge >= 0.3 is 12.1 Å². The number of aliphatic hydroxyl groups excluding tert-OH is 1. The number of aliphatic hydroxyl groups is 1. The second-order valence-corrected chi connectivity index (χ2v) is 5.71. The minimum atomic E-state index is -1.26. The number of aryl methyl sites for hydroxylation is 1. The van der Waals surface area contributed by atoms with Gasteiger partial charge in [0, 0.05) is 19.6 Å². The van der Waals surface area contributed by atoms with E-state index in [9.17, 15) is 9.59 Å². The van der Waals surface area contributed by atoms with Gasteiger partial charge in [-0.3, -0.25) is 9.58 Å². The van der Waals surface area contributed by atoms with Crippen molar-refractivity contribution < 1.29 is 29.6 Å². The number of hydrogen-bond donors (Lipinski definition) is 3. The summed E-state index contributed by atoms with van der Waals surface area (Å²) >= 11 is 0. The molecule has 1 aliphatic heterocycles. The van der Waals surface area contributed by atoms with Crippen LogP contribution in [0, 0.1) is 0 Å². The van der Waals surface area contributed by atoms with Crippen LogP contribution in [0.2, 0.25) is 0 Å². The zero-order valence-corrected chi connectivity index (χ0v) is 13.2. The van der Waals surface area contributed by atoms with E-state index in [1.54, 1.807) is 10.9 Å². The molecule has 2 rings (SSSR count). The van der Waals surface area contributed by atoms with E-state index in [2.05, 4.69) is 10.3 Å². The predicted molar refractivity (Wildman–Crippen MR) is 80.3 cm³/mol. The zero-order valence-electron chi connectivity index (χ0n) is 13.2. The van der Waals surface area contributed by atoms with Gasteiger partial charge in [-0.25, -0.2) is 9.59 Å². The van der Waals surface area contributed by atoms with E-state index in [-0.39, 0.29) is 26.2 Å². The summed E-state index contributed by atoms with van der Waals surface area (Å²) in [6.45, 7) is 1.07. The molecule has 0 saturated carbocycles. The van der Waals surface area contributed by atoms with Gasteiger partial charge < -0.3 is 20.1 Å². The molecule has 0 unspecified atom stereocenters. The molecule has 1 saturated heterocycles. The lowest BCUT2D eigenvalue weighted by molar-refractivity contribution is -0.141. The Balaban J connectivity index is 1.78. The van der Waals surface area contributed by atoms with Crippen LogP contribution in [0.25, 0.3) is 0 Å². The Hall–Kier alpha value is -2.20. The smallest absolute Gasteiger partial charge is 0.408 e. The Morgan fingerprint density at radius 2 is 2.08 bits per heavy atom. The van der Waals surface area contributed by atoms with Gasteiger partial charge in [-0.1, -0.05) is 5.21 Å². The Bertz CT molecular complexity index is 541. The number of aromatic nitrogens is 3. The van der Waals surface area contributed by atoms with Crippen LogP contribution in [0.3, 0.4) is 0 Å². The molecule has 134 valence electrons. The fraction of sp³-hybridized carbons (Fsp3) is 0.714. The Labute approximate surface area is 138 Å². The molecule has 10 nitrogen and oxygen atoms in total. The third kappa shape index (κ3) is 4.90. The van der Waals surface area contributed by atoms with Crippen LogP contribution in [-0.4, -0.2) is 72.6 Å². The van der Waals surface area contributed by atoms with Crippen LogP contribution in [0.15, 0.2) is 6.20 Å². The first-order valence-electron chi connectivity index (χ1n) is 7.85. The lowest BCUT2D eigenvalue weighted by Crippen LogP contribution is -2.39. The van der Waals surface area contributed by atoms with Gasteiger partial charge in [0.2, 0.25) is 0 Å². The molecule has 24 heavy (non-hydrogen) atoms. The van der Waals surface area contributed by atoms with Gasteiger partial charge in [0.25, 0.3) is 0 Å². The topological polar surface area (TPSA) is 138 Å². The summed E-state index contributed by atoms with van der Waals surface area (Å²) in [7, 11) is 0. The van der Waals surface area contributed by atoms with Crippen molar-refractivity contribution >= 4 is 12.1 Å². The largest absolute Gasteiger partial charge is 0.480 e. The highest BCUT2D eigenvalue weighted by molar-refractivity contribution is 5.80. The third-order valence-corrected chi connectivity index (χ3v) is 3.89. The summed E-state index contributed by atoms with van der Waals surface area (Å²) in [5.74, 6) is -1.17. The maximum atomic E-state index is 11.1. The number of ether oxygens (including phenoxy) is 1. The van der Waals surface area contributed by atoms with Crippen LogP contribution >= 0.6 is 0 Å². The fourth-order valence-electron chi connectivity index (χ4n) is 2.64. The van der Waals surface area contributed by atoms with E-state index in [1.807, 2.05) is 0 Å². The van der Waals surface area contributed by atoms with Gasteiger partial charge in [-0.05, 0) is 19.3 Å².